The molecule has 0 atom stereocenters. The number of amides is 1. The van der Waals surface area contributed by atoms with Gasteiger partial charge in [0, 0.05) is 24.7 Å². The average Bonchev–Trinajstić information content (AvgIpc) is 3.06. The fourth-order valence-corrected chi connectivity index (χ4v) is 4.10. The van der Waals surface area contributed by atoms with Crippen LogP contribution in [0.5, 0.6) is 0 Å². The molecule has 0 spiro atoms. The number of thiophene rings is 1. The van der Waals surface area contributed by atoms with Gasteiger partial charge in [0.1, 0.15) is 9.71 Å². The fourth-order valence-electron chi connectivity index (χ4n) is 2.98. The lowest BCUT2D eigenvalue weighted by Crippen LogP contribution is -2.35. The maximum atomic E-state index is 12.7. The molecule has 4 nitrogen and oxygen atoms in total. The summed E-state index contributed by atoms with van der Waals surface area (Å²) >= 11 is 1.41. The van der Waals surface area contributed by atoms with Crippen LogP contribution in [0.4, 0.5) is 5.69 Å². The molecular weight excluding hydrogens is 270 g/mol. The van der Waals surface area contributed by atoms with Crippen LogP contribution in [0.1, 0.15) is 40.9 Å². The van der Waals surface area contributed by atoms with Crippen LogP contribution in [-0.4, -0.2) is 28.9 Å². The zero-order valence-corrected chi connectivity index (χ0v) is 12.7. The highest BCUT2D eigenvalue weighted by atomic mass is 32.1. The molecule has 1 fully saturated rings. The minimum absolute atomic E-state index is 0.0387. The molecule has 0 aliphatic heterocycles. The standard InChI is InChI=1S/C15H19N3OS/c1-9-7-8-17-14-11(9)12(16)13(20-14)15(19)18(2)10-5-3-4-6-10/h7-8,10H,3-6,16H2,1-2H3. The van der Waals surface area contributed by atoms with E-state index in [-0.39, 0.29) is 5.91 Å². The van der Waals surface area contributed by atoms with Gasteiger partial charge in [-0.15, -0.1) is 11.3 Å². The zero-order chi connectivity index (χ0) is 14.3. The second-order valence-corrected chi connectivity index (χ2v) is 6.51. The first-order valence-electron chi connectivity index (χ1n) is 7.00. The van der Waals surface area contributed by atoms with Crippen molar-refractivity contribution in [1.29, 1.82) is 0 Å². The highest BCUT2D eigenvalue weighted by Gasteiger charge is 2.27. The first-order chi connectivity index (χ1) is 9.59. The lowest BCUT2D eigenvalue weighted by atomic mass is 10.1. The first kappa shape index (κ1) is 13.4. The topological polar surface area (TPSA) is 59.2 Å². The molecule has 1 saturated carbocycles. The van der Waals surface area contributed by atoms with E-state index < -0.39 is 0 Å². The molecule has 2 aromatic heterocycles. The van der Waals surface area contributed by atoms with Crippen molar-refractivity contribution in [1.82, 2.24) is 9.88 Å². The third kappa shape index (κ3) is 2.06. The Morgan fingerprint density at radius 3 is 2.80 bits per heavy atom. The number of carbonyl (C=O) groups is 1. The summed E-state index contributed by atoms with van der Waals surface area (Å²) in [4.78, 5) is 20.3. The number of aryl methyl sites for hydroxylation is 1. The molecule has 1 aliphatic rings. The van der Waals surface area contributed by atoms with E-state index in [0.717, 1.165) is 28.6 Å². The lowest BCUT2D eigenvalue weighted by Gasteiger charge is -2.23. The van der Waals surface area contributed by atoms with Gasteiger partial charge < -0.3 is 10.6 Å². The van der Waals surface area contributed by atoms with Crippen molar-refractivity contribution in [3.8, 4) is 0 Å². The number of hydrogen-bond donors (Lipinski definition) is 1. The van der Waals surface area contributed by atoms with Gasteiger partial charge in [-0.1, -0.05) is 12.8 Å². The molecule has 0 saturated heterocycles. The van der Waals surface area contributed by atoms with Crippen LogP contribution >= 0.6 is 11.3 Å². The summed E-state index contributed by atoms with van der Waals surface area (Å²) in [6.07, 6.45) is 6.40. The average molecular weight is 289 g/mol. The third-order valence-electron chi connectivity index (χ3n) is 4.22. The van der Waals surface area contributed by atoms with Crippen molar-refractivity contribution in [2.24, 2.45) is 0 Å². The van der Waals surface area contributed by atoms with E-state index in [1.165, 1.54) is 24.2 Å². The Morgan fingerprint density at radius 2 is 2.15 bits per heavy atom. The number of fused-ring (bicyclic) bond motifs is 1. The summed E-state index contributed by atoms with van der Waals surface area (Å²) in [5, 5.41) is 0.931. The molecule has 1 amide bonds. The van der Waals surface area contributed by atoms with Crippen molar-refractivity contribution in [2.45, 2.75) is 38.6 Å². The predicted molar refractivity (Wildman–Crippen MR) is 83.1 cm³/mol. The number of aromatic nitrogens is 1. The van der Waals surface area contributed by atoms with Gasteiger partial charge in [0.15, 0.2) is 0 Å². The molecule has 2 heterocycles. The number of hydrogen-bond acceptors (Lipinski definition) is 4. The van der Waals surface area contributed by atoms with Gasteiger partial charge in [0.2, 0.25) is 0 Å². The normalized spacial score (nSPS) is 15.9. The lowest BCUT2D eigenvalue weighted by molar-refractivity contribution is 0.0741. The highest BCUT2D eigenvalue weighted by Crippen LogP contribution is 2.36. The van der Waals surface area contributed by atoms with Crippen LogP contribution in [0.3, 0.4) is 0 Å². The Hall–Kier alpha value is -1.62. The minimum Gasteiger partial charge on any atom is -0.397 e. The fraction of sp³-hybridized carbons (Fsp3) is 0.467. The van der Waals surface area contributed by atoms with E-state index in [1.54, 1.807) is 6.20 Å². The molecule has 3 rings (SSSR count). The van der Waals surface area contributed by atoms with Gasteiger partial charge in [0.25, 0.3) is 5.91 Å². The number of carbonyl (C=O) groups excluding carboxylic acids is 1. The van der Waals surface area contributed by atoms with Crippen molar-refractivity contribution < 1.29 is 4.79 Å². The highest BCUT2D eigenvalue weighted by molar-refractivity contribution is 7.21. The minimum atomic E-state index is 0.0387. The van der Waals surface area contributed by atoms with E-state index in [4.69, 9.17) is 5.73 Å². The monoisotopic (exact) mass is 289 g/mol. The van der Waals surface area contributed by atoms with E-state index >= 15 is 0 Å². The summed E-state index contributed by atoms with van der Waals surface area (Å²) in [5.41, 5.74) is 7.86. The van der Waals surface area contributed by atoms with Crippen LogP contribution in [-0.2, 0) is 0 Å². The molecular formula is C15H19N3OS. The summed E-state index contributed by atoms with van der Waals surface area (Å²) in [5.74, 6) is 0.0387. The molecule has 0 bridgehead atoms. The molecule has 2 aromatic rings. The molecule has 2 N–H and O–H groups in total. The van der Waals surface area contributed by atoms with Gasteiger partial charge in [-0.2, -0.15) is 0 Å². The van der Waals surface area contributed by atoms with Gasteiger partial charge in [0.05, 0.1) is 5.69 Å². The molecule has 1 aliphatic carbocycles. The molecule has 5 heteroatoms. The Kier molecular flexibility index (Phi) is 3.38. The summed E-state index contributed by atoms with van der Waals surface area (Å²) < 4.78 is 0. The summed E-state index contributed by atoms with van der Waals surface area (Å²) in [6.45, 7) is 2.00. The van der Waals surface area contributed by atoms with Crippen molar-refractivity contribution in [3.63, 3.8) is 0 Å². The van der Waals surface area contributed by atoms with Crippen LogP contribution in [0.15, 0.2) is 12.3 Å². The Bertz CT molecular complexity index is 658. The number of pyridine rings is 1. The van der Waals surface area contributed by atoms with Gasteiger partial charge >= 0.3 is 0 Å². The largest absolute Gasteiger partial charge is 0.397 e. The molecule has 0 aromatic carbocycles. The first-order valence-corrected chi connectivity index (χ1v) is 7.82. The van der Waals surface area contributed by atoms with E-state index in [2.05, 4.69) is 4.98 Å². The maximum absolute atomic E-state index is 12.7. The third-order valence-corrected chi connectivity index (χ3v) is 5.33. The summed E-state index contributed by atoms with van der Waals surface area (Å²) in [7, 11) is 1.89. The van der Waals surface area contributed by atoms with Crippen molar-refractivity contribution in [2.75, 3.05) is 12.8 Å². The number of nitrogen functional groups attached to an aromatic ring is 1. The number of rotatable bonds is 2. The number of nitrogens with two attached hydrogens (primary N) is 1. The SMILES string of the molecule is Cc1ccnc2sc(C(=O)N(C)C3CCCC3)c(N)c12. The maximum Gasteiger partial charge on any atom is 0.266 e. The van der Waals surface area contributed by atoms with Gasteiger partial charge in [-0.05, 0) is 31.4 Å². The smallest absolute Gasteiger partial charge is 0.266 e. The molecule has 106 valence electrons. The van der Waals surface area contributed by atoms with Crippen LogP contribution in [0.2, 0.25) is 0 Å². The van der Waals surface area contributed by atoms with E-state index in [0.29, 0.717) is 16.6 Å². The quantitative estimate of drug-likeness (QED) is 0.923. The van der Waals surface area contributed by atoms with Crippen molar-refractivity contribution >= 4 is 33.1 Å². The Morgan fingerprint density at radius 1 is 1.45 bits per heavy atom. The summed E-state index contributed by atoms with van der Waals surface area (Å²) in [6, 6.07) is 2.29. The van der Waals surface area contributed by atoms with Gasteiger partial charge in [-0.3, -0.25) is 4.79 Å². The second kappa shape index (κ2) is 5.05. The Balaban J connectivity index is 1.99. The number of nitrogens with zero attached hydrogens (tertiary/aromatic N) is 2. The van der Waals surface area contributed by atoms with Crippen LogP contribution in [0, 0.1) is 6.92 Å². The molecule has 0 radical (unpaired) electrons. The zero-order valence-electron chi connectivity index (χ0n) is 11.8. The van der Waals surface area contributed by atoms with E-state index in [1.807, 2.05) is 24.9 Å². The second-order valence-electron chi connectivity index (χ2n) is 5.51. The van der Waals surface area contributed by atoms with E-state index in [9.17, 15) is 4.79 Å². The van der Waals surface area contributed by atoms with Crippen LogP contribution < -0.4 is 5.73 Å². The molecule has 0 unspecified atom stereocenters. The predicted octanol–water partition coefficient (Wildman–Crippen LogP) is 3.20. The number of anilines is 1. The van der Waals surface area contributed by atoms with Crippen molar-refractivity contribution in [3.05, 3.63) is 22.7 Å². The van der Waals surface area contributed by atoms with Crippen LogP contribution in [0.25, 0.3) is 10.2 Å². The van der Waals surface area contributed by atoms with Gasteiger partial charge in [-0.25, -0.2) is 4.98 Å². The molecule has 20 heavy (non-hydrogen) atoms. The Labute approximate surface area is 122 Å².